The van der Waals surface area contributed by atoms with Crippen molar-refractivity contribution in [3.63, 3.8) is 0 Å². The maximum absolute atomic E-state index is 10.9. The van der Waals surface area contributed by atoms with Gasteiger partial charge in [0.2, 0.25) is 0 Å². The topological polar surface area (TPSA) is 35.5 Å². The third kappa shape index (κ3) is 7.48. The molecular weight excluding hydrogens is 300 g/mol. The van der Waals surface area contributed by atoms with E-state index in [-0.39, 0.29) is 0 Å². The van der Waals surface area contributed by atoms with Crippen molar-refractivity contribution in [1.82, 2.24) is 0 Å². The van der Waals surface area contributed by atoms with Crippen LogP contribution in [0.2, 0.25) is 0 Å². The number of ether oxygens (including phenoxy) is 2. The third-order valence-electron chi connectivity index (χ3n) is 2.52. The van der Waals surface area contributed by atoms with Crippen molar-refractivity contribution in [2.45, 2.75) is 0 Å². The van der Waals surface area contributed by atoms with Gasteiger partial charge in [0.1, 0.15) is 6.29 Å². The lowest BCUT2D eigenvalue weighted by Crippen LogP contribution is -1.91. The molecule has 0 aliphatic heterocycles. The molecule has 1 aromatic carbocycles. The summed E-state index contributed by atoms with van der Waals surface area (Å²) in [6.07, 6.45) is 17.6. The maximum Gasteiger partial charge on any atom is 0.169 e. The number of carbonyl (C=O) groups is 1. The molecule has 120 valence electrons. The second-order valence-corrected chi connectivity index (χ2v) is 4.23. The molecule has 0 spiro atoms. The summed E-state index contributed by atoms with van der Waals surface area (Å²) >= 11 is 0. The second-order valence-electron chi connectivity index (χ2n) is 4.23. The molecule has 0 bridgehead atoms. The summed E-state index contributed by atoms with van der Waals surface area (Å²) in [6.45, 7) is 6.91. The number of hydrogen-bond donors (Lipinski definition) is 0. The van der Waals surface area contributed by atoms with Crippen molar-refractivity contribution in [2.75, 3.05) is 0 Å². The molecule has 3 nitrogen and oxygen atoms in total. The van der Waals surface area contributed by atoms with Gasteiger partial charge in [-0.1, -0.05) is 37.5 Å². The fourth-order valence-electron chi connectivity index (χ4n) is 1.48. The zero-order valence-corrected chi connectivity index (χ0v) is 13.2. The van der Waals surface area contributed by atoms with Crippen LogP contribution in [0.3, 0.4) is 0 Å². The van der Waals surface area contributed by atoms with E-state index in [0.29, 0.717) is 17.1 Å². The molecule has 0 heterocycles. The molecule has 3 heteroatoms. The number of rotatable bonds is 9. The van der Waals surface area contributed by atoms with Crippen LogP contribution in [0.25, 0.3) is 0 Å². The zero-order chi connectivity index (χ0) is 17.5. The average Bonchev–Trinajstić information content (AvgIpc) is 2.61. The first-order valence-electron chi connectivity index (χ1n) is 7.09. The molecule has 0 fully saturated rings. The number of aldehydes is 1. The molecule has 24 heavy (non-hydrogen) atoms. The van der Waals surface area contributed by atoms with Crippen molar-refractivity contribution in [1.29, 1.82) is 0 Å². The summed E-state index contributed by atoms with van der Waals surface area (Å²) in [5.41, 5.74) is 5.75. The third-order valence-corrected chi connectivity index (χ3v) is 2.52. The number of benzene rings is 1. The molecule has 0 N–H and O–H groups in total. The van der Waals surface area contributed by atoms with Crippen LogP contribution in [-0.4, -0.2) is 6.29 Å². The molecule has 0 saturated heterocycles. The van der Waals surface area contributed by atoms with Crippen molar-refractivity contribution >= 4 is 6.29 Å². The van der Waals surface area contributed by atoms with Crippen LogP contribution >= 0.6 is 0 Å². The number of hydrogen-bond acceptors (Lipinski definition) is 3. The van der Waals surface area contributed by atoms with E-state index in [9.17, 15) is 4.79 Å². The predicted molar refractivity (Wildman–Crippen MR) is 97.1 cm³/mol. The highest BCUT2D eigenvalue weighted by Gasteiger charge is 2.04. The normalized spacial score (nSPS) is 10.8. The molecule has 0 unspecified atom stereocenters. The Hall–Kier alpha value is -3.51. The van der Waals surface area contributed by atoms with Gasteiger partial charge in [-0.2, -0.15) is 0 Å². The van der Waals surface area contributed by atoms with Gasteiger partial charge in [0, 0.05) is 5.56 Å². The van der Waals surface area contributed by atoms with Gasteiger partial charge in [-0.15, -0.1) is 11.5 Å². The molecule has 1 rings (SSSR count). The minimum Gasteiger partial charge on any atom is -0.461 e. The van der Waals surface area contributed by atoms with E-state index in [1.807, 2.05) is 0 Å². The summed E-state index contributed by atoms with van der Waals surface area (Å²) in [5, 5.41) is 0. The Morgan fingerprint density at radius 1 is 0.792 bits per heavy atom. The molecule has 0 amide bonds. The largest absolute Gasteiger partial charge is 0.461 e. The Kier molecular flexibility index (Phi) is 9.33. The van der Waals surface area contributed by atoms with Gasteiger partial charge in [-0.25, -0.2) is 0 Å². The van der Waals surface area contributed by atoms with E-state index >= 15 is 0 Å². The first-order valence-corrected chi connectivity index (χ1v) is 7.09. The lowest BCUT2D eigenvalue weighted by Gasteiger charge is -2.07. The molecule has 0 radical (unpaired) electrons. The summed E-state index contributed by atoms with van der Waals surface area (Å²) in [7, 11) is 0. The molecule has 1 aromatic rings. The minimum atomic E-state index is 0.433. The second kappa shape index (κ2) is 12.1. The number of carbonyl (C=O) groups excluding carboxylic acids is 1. The van der Waals surface area contributed by atoms with E-state index in [4.69, 9.17) is 9.47 Å². The van der Waals surface area contributed by atoms with Gasteiger partial charge < -0.3 is 9.47 Å². The van der Waals surface area contributed by atoms with Crippen LogP contribution in [0.4, 0.5) is 0 Å². The van der Waals surface area contributed by atoms with Crippen LogP contribution < -0.4 is 9.47 Å². The van der Waals surface area contributed by atoms with Crippen molar-refractivity contribution in [2.24, 2.45) is 0 Å². The van der Waals surface area contributed by atoms with Crippen molar-refractivity contribution in [3.05, 3.63) is 110 Å². The first kappa shape index (κ1) is 18.5. The predicted octanol–water partition coefficient (Wildman–Crippen LogP) is 5.08. The molecule has 0 atom stereocenters. The molecule has 0 aromatic heterocycles. The Labute approximate surface area is 142 Å². The maximum atomic E-state index is 10.9. The number of allylic oxidation sites excluding steroid dienone is 8. The standard InChI is InChI=1S/C21H18O3/c1-3-5-7-9-11-15-23-20-14-13-19(18-22)17-21(20)24-16-12-10-8-6-4-2/h5-18H,1-2H2/b9-7+,10-8-,15-11+,16-12-. The quantitative estimate of drug-likeness (QED) is 0.276. The lowest BCUT2D eigenvalue weighted by atomic mass is 10.2. The van der Waals surface area contributed by atoms with Gasteiger partial charge in [-0.3, -0.25) is 4.79 Å². The molecular formula is C21H18O3. The highest BCUT2D eigenvalue weighted by Crippen LogP contribution is 2.28. The van der Waals surface area contributed by atoms with Gasteiger partial charge in [-0.05, 0) is 42.5 Å². The Balaban J connectivity index is 2.81. The van der Waals surface area contributed by atoms with E-state index in [2.05, 4.69) is 24.6 Å². The average molecular weight is 318 g/mol. The Morgan fingerprint density at radius 2 is 1.38 bits per heavy atom. The highest BCUT2D eigenvalue weighted by atomic mass is 16.5. The fraction of sp³-hybridized carbons (Fsp3) is 0. The summed E-state index contributed by atoms with van der Waals surface area (Å²) in [5.74, 6) is 0.923. The Morgan fingerprint density at radius 3 is 1.92 bits per heavy atom. The summed E-state index contributed by atoms with van der Waals surface area (Å²) in [6, 6.07) is 4.92. The SMILES string of the molecule is C=C=C/C=C\C=C/Oc1cc(C=O)ccc1O/C=C/C=C/C=C=C. The van der Waals surface area contributed by atoms with Crippen molar-refractivity contribution in [3.8, 4) is 11.5 Å². The van der Waals surface area contributed by atoms with Crippen molar-refractivity contribution < 1.29 is 14.3 Å². The van der Waals surface area contributed by atoms with Crippen LogP contribution in [0.15, 0.2) is 104 Å². The summed E-state index contributed by atoms with van der Waals surface area (Å²) < 4.78 is 11.0. The van der Waals surface area contributed by atoms with E-state index in [1.165, 1.54) is 12.5 Å². The van der Waals surface area contributed by atoms with Gasteiger partial charge in [0.05, 0.1) is 12.5 Å². The fourth-order valence-corrected chi connectivity index (χ4v) is 1.48. The van der Waals surface area contributed by atoms with Crippen LogP contribution in [0, 0.1) is 0 Å². The van der Waals surface area contributed by atoms with E-state index in [0.717, 1.165) is 6.29 Å². The van der Waals surface area contributed by atoms with Gasteiger partial charge in [0.25, 0.3) is 0 Å². The van der Waals surface area contributed by atoms with Crippen LogP contribution in [-0.2, 0) is 0 Å². The van der Waals surface area contributed by atoms with E-state index < -0.39 is 0 Å². The first-order chi connectivity index (χ1) is 11.8. The smallest absolute Gasteiger partial charge is 0.169 e. The lowest BCUT2D eigenvalue weighted by molar-refractivity contribution is 0.112. The molecule has 0 aliphatic carbocycles. The van der Waals surface area contributed by atoms with Crippen LogP contribution in [0.5, 0.6) is 11.5 Å². The van der Waals surface area contributed by atoms with Crippen LogP contribution in [0.1, 0.15) is 10.4 Å². The minimum absolute atomic E-state index is 0.433. The molecule has 0 saturated carbocycles. The monoisotopic (exact) mass is 318 g/mol. The van der Waals surface area contributed by atoms with Gasteiger partial charge in [0.15, 0.2) is 11.5 Å². The highest BCUT2D eigenvalue weighted by molar-refractivity contribution is 5.76. The zero-order valence-electron chi connectivity index (χ0n) is 13.2. The molecule has 0 aliphatic rings. The Bertz CT molecular complexity index is 751. The summed E-state index contributed by atoms with van der Waals surface area (Å²) in [4.78, 5) is 10.9. The van der Waals surface area contributed by atoms with E-state index in [1.54, 1.807) is 66.8 Å². The van der Waals surface area contributed by atoms with Gasteiger partial charge >= 0.3 is 0 Å².